The van der Waals surface area contributed by atoms with E-state index in [1.807, 2.05) is 0 Å². The number of hydrogen-bond acceptors (Lipinski definition) is 3. The Morgan fingerprint density at radius 3 is 1.89 bits per heavy atom. The van der Waals surface area contributed by atoms with Gasteiger partial charge in [-0.15, -0.1) is 6.58 Å². The van der Waals surface area contributed by atoms with Crippen LogP contribution in [0.2, 0.25) is 0 Å². The molecule has 0 amide bonds. The van der Waals surface area contributed by atoms with E-state index in [2.05, 4.69) is 18.3 Å². The van der Waals surface area contributed by atoms with Crippen molar-refractivity contribution in [3.05, 3.63) is 12.7 Å². The predicted molar refractivity (Wildman–Crippen MR) is 35.5 cm³/mol. The fourth-order valence-electron chi connectivity index (χ4n) is 0.168. The molecular formula is C3H11N2O3P. The summed E-state index contributed by atoms with van der Waals surface area (Å²) in [7, 11) is -3.78. The van der Waals surface area contributed by atoms with Gasteiger partial charge in [0.15, 0.2) is 0 Å². The lowest BCUT2D eigenvalue weighted by atomic mass is 10.8. The number of rotatable bonds is 2. The molecule has 0 aliphatic rings. The highest BCUT2D eigenvalue weighted by molar-refractivity contribution is 7.51. The third kappa shape index (κ3) is 18.2. The van der Waals surface area contributed by atoms with Gasteiger partial charge in [0.1, 0.15) is 0 Å². The number of nitrogens with two attached hydrogens (primary N) is 2. The van der Waals surface area contributed by atoms with E-state index >= 15 is 0 Å². The summed E-state index contributed by atoms with van der Waals surface area (Å²) in [5.74, 6) is 8.00. The van der Waals surface area contributed by atoms with Crippen molar-refractivity contribution in [2.24, 2.45) is 11.7 Å². The Balaban J connectivity index is 0. The van der Waals surface area contributed by atoms with Crippen LogP contribution in [0.1, 0.15) is 0 Å². The van der Waals surface area contributed by atoms with Crippen LogP contribution < -0.4 is 11.7 Å². The molecule has 56 valence electrons. The number of hydrazine groups is 1. The van der Waals surface area contributed by atoms with Crippen LogP contribution in [-0.4, -0.2) is 15.9 Å². The zero-order valence-corrected chi connectivity index (χ0v) is 5.79. The molecule has 0 spiro atoms. The molecule has 0 rings (SSSR count). The first-order valence-corrected chi connectivity index (χ1v) is 3.85. The lowest BCUT2D eigenvalue weighted by Crippen LogP contribution is -2.02. The van der Waals surface area contributed by atoms with E-state index < -0.39 is 7.60 Å². The molecule has 0 radical (unpaired) electrons. The lowest BCUT2D eigenvalue weighted by Gasteiger charge is -1.94. The summed E-state index contributed by atoms with van der Waals surface area (Å²) in [5, 5.41) is 0. The van der Waals surface area contributed by atoms with Gasteiger partial charge < -0.3 is 9.79 Å². The summed E-state index contributed by atoms with van der Waals surface area (Å²) >= 11 is 0. The number of hydrogen-bond donors (Lipinski definition) is 4. The van der Waals surface area contributed by atoms with Crippen LogP contribution in [0, 0.1) is 0 Å². The second kappa shape index (κ2) is 5.94. The molecule has 5 nitrogen and oxygen atoms in total. The van der Waals surface area contributed by atoms with Crippen molar-refractivity contribution in [1.82, 2.24) is 0 Å². The van der Waals surface area contributed by atoms with Crippen molar-refractivity contribution >= 4 is 7.60 Å². The average molecular weight is 154 g/mol. The Hall–Kier alpha value is -0.190. The van der Waals surface area contributed by atoms with Crippen LogP contribution in [0.15, 0.2) is 12.7 Å². The maximum absolute atomic E-state index is 9.85. The standard InChI is InChI=1S/C3H7O3P.H4N2/c1-2-3-7(4,5)6;1-2/h2H,1,3H2,(H2,4,5,6);1-2H2. The van der Waals surface area contributed by atoms with Gasteiger partial charge in [-0.3, -0.25) is 16.3 Å². The summed E-state index contributed by atoms with van der Waals surface area (Å²) in [6.45, 7) is 3.15. The monoisotopic (exact) mass is 154 g/mol. The molecule has 0 fully saturated rings. The topological polar surface area (TPSA) is 110 Å². The Kier molecular flexibility index (Phi) is 7.65. The molecule has 6 heteroatoms. The van der Waals surface area contributed by atoms with Crippen molar-refractivity contribution in [2.45, 2.75) is 0 Å². The molecule has 0 aliphatic carbocycles. The molecule has 0 unspecified atom stereocenters. The molecule has 6 N–H and O–H groups in total. The van der Waals surface area contributed by atoms with Crippen LogP contribution in [-0.2, 0) is 4.57 Å². The Morgan fingerprint density at radius 2 is 1.89 bits per heavy atom. The highest BCUT2D eigenvalue weighted by atomic mass is 31.2. The third-order valence-corrected chi connectivity index (χ3v) is 1.10. The summed E-state index contributed by atoms with van der Waals surface area (Å²) in [5.41, 5.74) is 0. The van der Waals surface area contributed by atoms with Gasteiger partial charge in [0.2, 0.25) is 0 Å². The van der Waals surface area contributed by atoms with Gasteiger partial charge >= 0.3 is 7.60 Å². The average Bonchev–Trinajstić information content (AvgIpc) is 1.69. The fraction of sp³-hybridized carbons (Fsp3) is 0.333. The van der Waals surface area contributed by atoms with Crippen LogP contribution in [0.25, 0.3) is 0 Å². The maximum Gasteiger partial charge on any atom is 0.329 e. The fourth-order valence-corrected chi connectivity index (χ4v) is 0.505. The molecule has 0 saturated carbocycles. The first-order chi connectivity index (χ1) is 4.06. The zero-order chi connectivity index (χ0) is 7.91. The molecule has 0 aromatic carbocycles. The molecule has 0 bridgehead atoms. The Labute approximate surface area is 53.5 Å². The van der Waals surface area contributed by atoms with Crippen molar-refractivity contribution in [3.63, 3.8) is 0 Å². The van der Waals surface area contributed by atoms with Gasteiger partial charge in [-0.1, -0.05) is 6.08 Å². The number of allylic oxidation sites excluding steroid dienone is 1. The van der Waals surface area contributed by atoms with E-state index in [1.54, 1.807) is 0 Å². The minimum atomic E-state index is -3.78. The molecule has 9 heavy (non-hydrogen) atoms. The van der Waals surface area contributed by atoms with Gasteiger partial charge in [0.25, 0.3) is 0 Å². The molecule has 0 saturated heterocycles. The Morgan fingerprint density at radius 1 is 1.56 bits per heavy atom. The summed E-state index contributed by atoms with van der Waals surface area (Å²) in [6, 6.07) is 0. The first-order valence-electron chi connectivity index (χ1n) is 2.05. The molecule has 0 atom stereocenters. The smallest absolute Gasteiger partial charge is 0.324 e. The molecule has 0 aliphatic heterocycles. The lowest BCUT2D eigenvalue weighted by molar-refractivity contribution is 0.377. The van der Waals surface area contributed by atoms with Crippen LogP contribution in [0.3, 0.4) is 0 Å². The summed E-state index contributed by atoms with van der Waals surface area (Å²) in [4.78, 5) is 16.1. The highest BCUT2D eigenvalue weighted by Crippen LogP contribution is 2.33. The minimum Gasteiger partial charge on any atom is -0.324 e. The maximum atomic E-state index is 9.85. The van der Waals surface area contributed by atoms with E-state index in [9.17, 15) is 4.57 Å². The van der Waals surface area contributed by atoms with Crippen LogP contribution in [0.5, 0.6) is 0 Å². The quantitative estimate of drug-likeness (QED) is 0.179. The van der Waals surface area contributed by atoms with E-state index in [4.69, 9.17) is 9.79 Å². The normalized spacial score (nSPS) is 9.33. The Bertz CT molecular complexity index is 110. The summed E-state index contributed by atoms with van der Waals surface area (Å²) < 4.78 is 9.85. The molecular weight excluding hydrogens is 143 g/mol. The SMILES string of the molecule is C=CCP(=O)(O)O.NN. The van der Waals surface area contributed by atoms with Crippen LogP contribution >= 0.6 is 7.60 Å². The largest absolute Gasteiger partial charge is 0.329 e. The van der Waals surface area contributed by atoms with E-state index in [1.165, 1.54) is 6.08 Å². The van der Waals surface area contributed by atoms with Gasteiger partial charge in [-0.2, -0.15) is 0 Å². The zero-order valence-electron chi connectivity index (χ0n) is 4.90. The van der Waals surface area contributed by atoms with Gasteiger partial charge in [0, 0.05) is 0 Å². The van der Waals surface area contributed by atoms with Gasteiger partial charge in [-0.05, 0) is 0 Å². The second-order valence-electron chi connectivity index (χ2n) is 1.14. The van der Waals surface area contributed by atoms with Crippen molar-refractivity contribution in [3.8, 4) is 0 Å². The van der Waals surface area contributed by atoms with E-state index in [-0.39, 0.29) is 6.16 Å². The molecule has 0 aromatic heterocycles. The van der Waals surface area contributed by atoms with E-state index in [0.29, 0.717) is 0 Å². The second-order valence-corrected chi connectivity index (χ2v) is 2.83. The molecule has 0 heterocycles. The van der Waals surface area contributed by atoms with Crippen LogP contribution in [0.4, 0.5) is 0 Å². The minimum absolute atomic E-state index is 0.229. The summed E-state index contributed by atoms with van der Waals surface area (Å²) in [6.07, 6.45) is 0.966. The van der Waals surface area contributed by atoms with Gasteiger partial charge in [-0.25, -0.2) is 0 Å². The third-order valence-electron chi connectivity index (χ3n) is 0.367. The highest BCUT2D eigenvalue weighted by Gasteiger charge is 2.06. The van der Waals surface area contributed by atoms with Crippen molar-refractivity contribution in [1.29, 1.82) is 0 Å². The first kappa shape index (κ1) is 11.6. The van der Waals surface area contributed by atoms with Crippen molar-refractivity contribution in [2.75, 3.05) is 6.16 Å². The van der Waals surface area contributed by atoms with Gasteiger partial charge in [0.05, 0.1) is 6.16 Å². The predicted octanol–water partition coefficient (Wildman–Crippen LogP) is -0.831. The molecule has 0 aromatic rings. The van der Waals surface area contributed by atoms with Crippen molar-refractivity contribution < 1.29 is 14.4 Å². The van der Waals surface area contributed by atoms with E-state index in [0.717, 1.165) is 0 Å².